The lowest BCUT2D eigenvalue weighted by Crippen LogP contribution is -2.36. The highest BCUT2D eigenvalue weighted by atomic mass is 32.1. The molecular formula is C20H24N6O2S. The van der Waals surface area contributed by atoms with E-state index in [1.54, 1.807) is 17.4 Å². The van der Waals surface area contributed by atoms with E-state index < -0.39 is 0 Å². The summed E-state index contributed by atoms with van der Waals surface area (Å²) in [6.07, 6.45) is 0.929. The first kappa shape index (κ1) is 18.4. The Balaban J connectivity index is 1.42. The largest absolute Gasteiger partial charge is 0.508 e. The molecule has 2 aromatic heterocycles. The summed E-state index contributed by atoms with van der Waals surface area (Å²) in [4.78, 5) is 10.3. The number of rotatable bonds is 3. The Morgan fingerprint density at radius 1 is 1.07 bits per heavy atom. The molecular weight excluding hydrogens is 388 g/mol. The number of aromatic hydroxyl groups is 1. The van der Waals surface area contributed by atoms with Crippen LogP contribution in [0.1, 0.15) is 16.8 Å². The molecule has 1 saturated heterocycles. The van der Waals surface area contributed by atoms with E-state index in [1.165, 1.54) is 5.56 Å². The Bertz CT molecular complexity index is 1040. The second-order valence-electron chi connectivity index (χ2n) is 7.52. The van der Waals surface area contributed by atoms with E-state index in [-0.39, 0.29) is 0 Å². The molecule has 5 rings (SSSR count). The van der Waals surface area contributed by atoms with Gasteiger partial charge in [-0.3, -0.25) is 4.57 Å². The van der Waals surface area contributed by atoms with E-state index in [9.17, 15) is 5.11 Å². The molecule has 9 heteroatoms. The van der Waals surface area contributed by atoms with Gasteiger partial charge in [0.05, 0.1) is 23.8 Å². The maximum absolute atomic E-state index is 9.82. The Morgan fingerprint density at radius 2 is 1.90 bits per heavy atom. The Morgan fingerprint density at radius 3 is 2.72 bits per heavy atom. The van der Waals surface area contributed by atoms with Gasteiger partial charge in [0.2, 0.25) is 5.95 Å². The number of phenolic OH excluding ortho intramolecular Hbond substituents is 1. The van der Waals surface area contributed by atoms with Gasteiger partial charge in [-0.2, -0.15) is 0 Å². The van der Waals surface area contributed by atoms with Crippen molar-refractivity contribution in [3.05, 3.63) is 35.0 Å². The van der Waals surface area contributed by atoms with E-state index in [1.807, 2.05) is 26.1 Å². The van der Waals surface area contributed by atoms with Crippen molar-refractivity contribution in [2.75, 3.05) is 42.6 Å². The number of hydrogen-bond acceptors (Lipinski definition) is 8. The molecule has 4 heterocycles. The summed E-state index contributed by atoms with van der Waals surface area (Å²) in [7, 11) is 2.01. The van der Waals surface area contributed by atoms with Crippen molar-refractivity contribution in [1.29, 1.82) is 0 Å². The number of ether oxygens (including phenoxy) is 1. The first-order valence-corrected chi connectivity index (χ1v) is 10.7. The number of benzene rings is 1. The van der Waals surface area contributed by atoms with Gasteiger partial charge in [-0.15, -0.1) is 10.2 Å². The van der Waals surface area contributed by atoms with E-state index in [4.69, 9.17) is 9.72 Å². The number of anilines is 2. The van der Waals surface area contributed by atoms with Crippen molar-refractivity contribution in [2.45, 2.75) is 19.9 Å². The monoisotopic (exact) mass is 412 g/mol. The SMILES string of the molecule is Cc1nc(N2CCOCC2)sc1-c1nnc(N2CCc3ccc(O)cc3C2)n1C. The number of fused-ring (bicyclic) bond motifs is 1. The van der Waals surface area contributed by atoms with Crippen molar-refractivity contribution in [3.63, 3.8) is 0 Å². The number of nitrogens with zero attached hydrogens (tertiary/aromatic N) is 6. The third-order valence-corrected chi connectivity index (χ3v) is 6.82. The zero-order valence-corrected chi connectivity index (χ0v) is 17.4. The quantitative estimate of drug-likeness (QED) is 0.707. The molecule has 0 unspecified atom stereocenters. The van der Waals surface area contributed by atoms with Crippen LogP contribution in [0.25, 0.3) is 10.7 Å². The molecule has 0 spiro atoms. The summed E-state index contributed by atoms with van der Waals surface area (Å²) in [6.45, 7) is 6.86. The molecule has 3 aromatic rings. The lowest BCUT2D eigenvalue weighted by molar-refractivity contribution is 0.122. The van der Waals surface area contributed by atoms with Crippen molar-refractivity contribution in [3.8, 4) is 16.5 Å². The molecule has 0 saturated carbocycles. The van der Waals surface area contributed by atoms with Crippen molar-refractivity contribution in [2.24, 2.45) is 7.05 Å². The Kier molecular flexibility index (Phi) is 4.63. The third kappa shape index (κ3) is 3.34. The van der Waals surface area contributed by atoms with Crippen LogP contribution in [0.2, 0.25) is 0 Å². The number of aromatic nitrogens is 4. The van der Waals surface area contributed by atoms with E-state index in [0.717, 1.165) is 78.9 Å². The van der Waals surface area contributed by atoms with Gasteiger partial charge in [-0.05, 0) is 36.6 Å². The number of phenols is 1. The summed E-state index contributed by atoms with van der Waals surface area (Å²) in [5, 5.41) is 19.8. The van der Waals surface area contributed by atoms with Gasteiger partial charge in [0.25, 0.3) is 0 Å². The van der Waals surface area contributed by atoms with Gasteiger partial charge in [0, 0.05) is 33.2 Å². The number of aryl methyl sites for hydroxylation is 1. The molecule has 0 amide bonds. The molecule has 0 aliphatic carbocycles. The fourth-order valence-electron chi connectivity index (χ4n) is 3.99. The lowest BCUT2D eigenvalue weighted by Gasteiger charge is -2.29. The van der Waals surface area contributed by atoms with Crippen molar-refractivity contribution < 1.29 is 9.84 Å². The topological polar surface area (TPSA) is 79.5 Å². The molecule has 0 bridgehead atoms. The lowest BCUT2D eigenvalue weighted by atomic mass is 10.00. The molecule has 0 radical (unpaired) electrons. The van der Waals surface area contributed by atoms with Gasteiger partial charge in [-0.1, -0.05) is 17.4 Å². The fraction of sp³-hybridized carbons (Fsp3) is 0.450. The molecule has 1 fully saturated rings. The first-order valence-electron chi connectivity index (χ1n) is 9.86. The molecule has 2 aliphatic rings. The minimum Gasteiger partial charge on any atom is -0.508 e. The molecule has 1 aromatic carbocycles. The van der Waals surface area contributed by atoms with Crippen LogP contribution >= 0.6 is 11.3 Å². The average molecular weight is 413 g/mol. The van der Waals surface area contributed by atoms with Crippen LogP contribution in [-0.4, -0.2) is 57.7 Å². The van der Waals surface area contributed by atoms with Crippen LogP contribution in [0.3, 0.4) is 0 Å². The Labute approximate surface area is 173 Å². The van der Waals surface area contributed by atoms with Crippen molar-refractivity contribution >= 4 is 22.4 Å². The van der Waals surface area contributed by atoms with Crippen LogP contribution in [0.5, 0.6) is 5.75 Å². The van der Waals surface area contributed by atoms with E-state index in [2.05, 4.69) is 24.6 Å². The van der Waals surface area contributed by atoms with Crippen LogP contribution < -0.4 is 9.80 Å². The molecule has 29 heavy (non-hydrogen) atoms. The minimum atomic E-state index is 0.306. The first-order chi connectivity index (χ1) is 14.1. The van der Waals surface area contributed by atoms with Gasteiger partial charge < -0.3 is 19.6 Å². The fourth-order valence-corrected chi connectivity index (χ4v) is 5.13. The highest BCUT2D eigenvalue weighted by Gasteiger charge is 2.25. The van der Waals surface area contributed by atoms with Gasteiger partial charge in [0.1, 0.15) is 5.75 Å². The van der Waals surface area contributed by atoms with Crippen LogP contribution in [0, 0.1) is 6.92 Å². The van der Waals surface area contributed by atoms with Crippen LogP contribution in [-0.2, 0) is 24.8 Å². The molecule has 8 nitrogen and oxygen atoms in total. The van der Waals surface area contributed by atoms with Gasteiger partial charge in [0.15, 0.2) is 11.0 Å². The third-order valence-electron chi connectivity index (χ3n) is 5.61. The summed E-state index contributed by atoms with van der Waals surface area (Å²) in [6, 6.07) is 5.62. The van der Waals surface area contributed by atoms with Crippen LogP contribution in [0.15, 0.2) is 18.2 Å². The molecule has 2 aliphatic heterocycles. The average Bonchev–Trinajstić information content (AvgIpc) is 3.30. The normalized spacial score (nSPS) is 16.9. The van der Waals surface area contributed by atoms with Crippen LogP contribution in [0.4, 0.5) is 11.1 Å². The van der Waals surface area contributed by atoms with Gasteiger partial charge >= 0.3 is 0 Å². The van der Waals surface area contributed by atoms with E-state index >= 15 is 0 Å². The predicted octanol–water partition coefficient (Wildman–Crippen LogP) is 2.35. The molecule has 1 N–H and O–H groups in total. The zero-order chi connectivity index (χ0) is 20.0. The molecule has 152 valence electrons. The summed E-state index contributed by atoms with van der Waals surface area (Å²) in [5.74, 6) is 1.99. The maximum Gasteiger partial charge on any atom is 0.227 e. The highest BCUT2D eigenvalue weighted by molar-refractivity contribution is 7.19. The highest BCUT2D eigenvalue weighted by Crippen LogP contribution is 2.35. The Hall–Kier alpha value is -2.65. The second-order valence-corrected chi connectivity index (χ2v) is 8.50. The summed E-state index contributed by atoms with van der Waals surface area (Å²) < 4.78 is 7.51. The number of morpholine rings is 1. The minimum absolute atomic E-state index is 0.306. The smallest absolute Gasteiger partial charge is 0.227 e. The summed E-state index contributed by atoms with van der Waals surface area (Å²) in [5.41, 5.74) is 3.41. The second kappa shape index (κ2) is 7.31. The number of thiazole rings is 1. The van der Waals surface area contributed by atoms with Gasteiger partial charge in [-0.25, -0.2) is 4.98 Å². The zero-order valence-electron chi connectivity index (χ0n) is 16.6. The van der Waals surface area contributed by atoms with E-state index in [0.29, 0.717) is 5.75 Å². The predicted molar refractivity (Wildman–Crippen MR) is 113 cm³/mol. The standard InChI is InChI=1S/C20H24N6O2S/c1-13-17(29-20(21-13)25-7-9-28-10-8-25)18-22-23-19(24(18)2)26-6-5-14-3-4-16(27)11-15(14)12-26/h3-4,11,27H,5-10,12H2,1-2H3. The summed E-state index contributed by atoms with van der Waals surface area (Å²) >= 11 is 1.67. The maximum atomic E-state index is 9.82. The number of hydrogen-bond donors (Lipinski definition) is 1. The van der Waals surface area contributed by atoms with Crippen molar-refractivity contribution in [1.82, 2.24) is 19.7 Å². The molecule has 0 atom stereocenters.